The first-order valence-electron chi connectivity index (χ1n) is 4.70. The summed E-state index contributed by atoms with van der Waals surface area (Å²) < 4.78 is 0. The summed E-state index contributed by atoms with van der Waals surface area (Å²) in [7, 11) is 0. The average Bonchev–Trinajstić information content (AvgIpc) is 2.05. The minimum absolute atomic E-state index is 0.419. The van der Waals surface area contributed by atoms with Crippen molar-refractivity contribution >= 4 is 0 Å². The van der Waals surface area contributed by atoms with Gasteiger partial charge in [0.25, 0.3) is 0 Å². The number of hydrogen-bond acceptors (Lipinski definition) is 2. The number of nitrogens with one attached hydrogen (secondary N) is 1. The molecule has 0 rings (SSSR count). The molecule has 0 aliphatic carbocycles. The van der Waals surface area contributed by atoms with Gasteiger partial charge in [0.2, 0.25) is 0 Å². The van der Waals surface area contributed by atoms with E-state index in [4.69, 9.17) is 5.84 Å². The average molecular weight is 170 g/mol. The monoisotopic (exact) mass is 170 g/mol. The molecule has 0 aromatic carbocycles. The van der Waals surface area contributed by atoms with Crippen molar-refractivity contribution in [1.82, 2.24) is 5.43 Å². The van der Waals surface area contributed by atoms with Gasteiger partial charge in [0, 0.05) is 6.04 Å². The smallest absolute Gasteiger partial charge is 0.0241 e. The van der Waals surface area contributed by atoms with Gasteiger partial charge in [0.1, 0.15) is 0 Å². The molecule has 0 radical (unpaired) electrons. The van der Waals surface area contributed by atoms with Crippen LogP contribution in [0, 0.1) is 11.8 Å². The molecule has 0 aromatic heterocycles. The van der Waals surface area contributed by atoms with Crippen molar-refractivity contribution in [2.24, 2.45) is 17.7 Å². The first kappa shape index (κ1) is 11.7. The van der Waals surface area contributed by atoms with Crippen LogP contribution in [0.2, 0.25) is 0 Å². The molecule has 0 aliphatic rings. The third-order valence-corrected chi connectivity index (χ3v) is 2.58. The van der Waals surface area contributed by atoms with E-state index in [0.29, 0.717) is 17.9 Å². The Hall–Kier alpha value is -0.340. The summed E-state index contributed by atoms with van der Waals surface area (Å²) in [6.07, 6.45) is 4.06. The van der Waals surface area contributed by atoms with Gasteiger partial charge >= 0.3 is 0 Å². The Labute approximate surface area is 76.2 Å². The highest BCUT2D eigenvalue weighted by Gasteiger charge is 2.17. The molecule has 0 spiro atoms. The van der Waals surface area contributed by atoms with Crippen LogP contribution in [0.3, 0.4) is 0 Å². The molecule has 0 aromatic rings. The lowest BCUT2D eigenvalue weighted by molar-refractivity contribution is 0.289. The van der Waals surface area contributed by atoms with Gasteiger partial charge in [0.15, 0.2) is 0 Å². The van der Waals surface area contributed by atoms with Gasteiger partial charge in [-0.1, -0.05) is 26.8 Å². The van der Waals surface area contributed by atoms with Gasteiger partial charge in [-0.25, -0.2) is 0 Å². The molecule has 3 N–H and O–H groups in total. The maximum absolute atomic E-state index is 5.47. The van der Waals surface area contributed by atoms with E-state index >= 15 is 0 Å². The second kappa shape index (κ2) is 6.21. The van der Waals surface area contributed by atoms with Crippen LogP contribution < -0.4 is 11.3 Å². The van der Waals surface area contributed by atoms with Gasteiger partial charge in [-0.15, -0.1) is 6.58 Å². The summed E-state index contributed by atoms with van der Waals surface area (Å²) in [4.78, 5) is 0. The highest BCUT2D eigenvalue weighted by atomic mass is 15.2. The summed E-state index contributed by atoms with van der Waals surface area (Å²) in [5, 5.41) is 0. The predicted molar refractivity (Wildman–Crippen MR) is 54.5 cm³/mol. The van der Waals surface area contributed by atoms with Gasteiger partial charge in [-0.2, -0.15) is 0 Å². The maximum atomic E-state index is 5.47. The summed E-state index contributed by atoms with van der Waals surface area (Å²) in [5.74, 6) is 6.77. The van der Waals surface area contributed by atoms with E-state index < -0.39 is 0 Å². The standard InChI is InChI=1S/C10H22N2/c1-5-6-7-10(12-11)9(4)8(2)3/h5,8-10,12H,1,6-7,11H2,2-4H3. The number of rotatable bonds is 6. The van der Waals surface area contributed by atoms with Crippen molar-refractivity contribution in [3.05, 3.63) is 12.7 Å². The number of hydrazine groups is 1. The molecule has 2 unspecified atom stereocenters. The molecule has 72 valence electrons. The van der Waals surface area contributed by atoms with E-state index in [0.717, 1.165) is 12.8 Å². The zero-order valence-corrected chi connectivity index (χ0v) is 8.51. The normalized spacial score (nSPS) is 16.1. The zero-order valence-electron chi connectivity index (χ0n) is 8.51. The fourth-order valence-corrected chi connectivity index (χ4v) is 1.26. The maximum Gasteiger partial charge on any atom is 0.0241 e. The van der Waals surface area contributed by atoms with E-state index in [-0.39, 0.29) is 0 Å². The SMILES string of the molecule is C=CCCC(NN)C(C)C(C)C. The number of hydrogen-bond donors (Lipinski definition) is 2. The molecular formula is C10H22N2. The van der Waals surface area contributed by atoms with Crippen LogP contribution in [0.25, 0.3) is 0 Å². The summed E-state index contributed by atoms with van der Waals surface area (Å²) in [6.45, 7) is 10.4. The minimum atomic E-state index is 0.419. The minimum Gasteiger partial charge on any atom is -0.271 e. The lowest BCUT2D eigenvalue weighted by Crippen LogP contribution is -2.41. The van der Waals surface area contributed by atoms with Crippen molar-refractivity contribution < 1.29 is 0 Å². The quantitative estimate of drug-likeness (QED) is 0.364. The van der Waals surface area contributed by atoms with Crippen molar-refractivity contribution in [1.29, 1.82) is 0 Å². The molecule has 2 atom stereocenters. The lowest BCUT2D eigenvalue weighted by Gasteiger charge is -2.25. The second-order valence-electron chi connectivity index (χ2n) is 3.74. The van der Waals surface area contributed by atoms with Crippen molar-refractivity contribution in [3.63, 3.8) is 0 Å². The highest BCUT2D eigenvalue weighted by Crippen LogP contribution is 2.17. The molecule has 2 heteroatoms. The van der Waals surface area contributed by atoms with Gasteiger partial charge in [0.05, 0.1) is 0 Å². The Balaban J connectivity index is 3.86. The van der Waals surface area contributed by atoms with E-state index in [1.807, 2.05) is 6.08 Å². The highest BCUT2D eigenvalue weighted by molar-refractivity contribution is 4.77. The van der Waals surface area contributed by atoms with Gasteiger partial charge in [-0.3, -0.25) is 11.3 Å². The summed E-state index contributed by atoms with van der Waals surface area (Å²) >= 11 is 0. The van der Waals surface area contributed by atoms with Crippen LogP contribution in [0.15, 0.2) is 12.7 Å². The molecule has 0 amide bonds. The molecule has 0 bridgehead atoms. The fourth-order valence-electron chi connectivity index (χ4n) is 1.26. The van der Waals surface area contributed by atoms with Crippen LogP contribution in [0.5, 0.6) is 0 Å². The molecule has 2 nitrogen and oxygen atoms in total. The van der Waals surface area contributed by atoms with E-state index in [1.54, 1.807) is 0 Å². The largest absolute Gasteiger partial charge is 0.271 e. The first-order valence-corrected chi connectivity index (χ1v) is 4.70. The van der Waals surface area contributed by atoms with E-state index in [9.17, 15) is 0 Å². The Bertz CT molecular complexity index is 121. The predicted octanol–water partition coefficient (Wildman–Crippen LogP) is 2.08. The summed E-state index contributed by atoms with van der Waals surface area (Å²) in [6, 6.07) is 0.419. The van der Waals surface area contributed by atoms with Gasteiger partial charge in [-0.05, 0) is 24.7 Å². The van der Waals surface area contributed by atoms with Crippen molar-refractivity contribution in [2.45, 2.75) is 39.7 Å². The Morgan fingerprint density at radius 1 is 1.42 bits per heavy atom. The topological polar surface area (TPSA) is 38.0 Å². The van der Waals surface area contributed by atoms with Crippen molar-refractivity contribution in [2.75, 3.05) is 0 Å². The van der Waals surface area contributed by atoms with Crippen LogP contribution in [-0.2, 0) is 0 Å². The molecular weight excluding hydrogens is 148 g/mol. The Morgan fingerprint density at radius 2 is 2.00 bits per heavy atom. The second-order valence-corrected chi connectivity index (χ2v) is 3.74. The Kier molecular flexibility index (Phi) is 6.03. The Morgan fingerprint density at radius 3 is 2.33 bits per heavy atom. The van der Waals surface area contributed by atoms with E-state index in [2.05, 4.69) is 32.8 Å². The van der Waals surface area contributed by atoms with Crippen LogP contribution in [0.4, 0.5) is 0 Å². The molecule has 0 saturated heterocycles. The third kappa shape index (κ3) is 3.88. The van der Waals surface area contributed by atoms with Crippen LogP contribution in [0.1, 0.15) is 33.6 Å². The number of nitrogens with two attached hydrogens (primary N) is 1. The molecule has 0 heterocycles. The third-order valence-electron chi connectivity index (χ3n) is 2.58. The molecule has 0 saturated carbocycles. The zero-order chi connectivity index (χ0) is 9.56. The lowest BCUT2D eigenvalue weighted by atomic mass is 9.88. The fraction of sp³-hybridized carbons (Fsp3) is 0.800. The first-order chi connectivity index (χ1) is 5.63. The van der Waals surface area contributed by atoms with Gasteiger partial charge < -0.3 is 0 Å². The van der Waals surface area contributed by atoms with E-state index in [1.165, 1.54) is 0 Å². The van der Waals surface area contributed by atoms with Crippen LogP contribution in [-0.4, -0.2) is 6.04 Å². The van der Waals surface area contributed by atoms with Crippen LogP contribution >= 0.6 is 0 Å². The van der Waals surface area contributed by atoms with Crippen molar-refractivity contribution in [3.8, 4) is 0 Å². The summed E-state index contributed by atoms with van der Waals surface area (Å²) in [5.41, 5.74) is 2.87. The molecule has 0 aliphatic heterocycles. The molecule has 0 fully saturated rings. The number of allylic oxidation sites excluding steroid dienone is 1. The molecule has 12 heavy (non-hydrogen) atoms.